The zero-order valence-corrected chi connectivity index (χ0v) is 10.3. The number of benzene rings is 1. The fourth-order valence-corrected chi connectivity index (χ4v) is 2.02. The van der Waals surface area contributed by atoms with E-state index in [4.69, 9.17) is 16.3 Å². The van der Waals surface area contributed by atoms with Gasteiger partial charge in [0, 0.05) is 0 Å². The van der Waals surface area contributed by atoms with Gasteiger partial charge in [0.25, 0.3) is 5.24 Å². The van der Waals surface area contributed by atoms with Gasteiger partial charge in [0.2, 0.25) is 0 Å². The van der Waals surface area contributed by atoms with Crippen molar-refractivity contribution in [2.45, 2.75) is 13.3 Å². The predicted octanol–water partition coefficient (Wildman–Crippen LogP) is 3.40. The second-order valence-electron chi connectivity index (χ2n) is 2.79. The first-order chi connectivity index (χ1) is 6.60. The van der Waals surface area contributed by atoms with Gasteiger partial charge in [-0.2, -0.15) is 0 Å². The number of carbonyl (C=O) groups excluding carboxylic acids is 1. The number of halogens is 2. The summed E-state index contributed by atoms with van der Waals surface area (Å²) in [6.45, 7) is 2.01. The smallest absolute Gasteiger partial charge is 0.256 e. The number of hydrogen-bond donors (Lipinski definition) is 0. The summed E-state index contributed by atoms with van der Waals surface area (Å²) in [5.41, 5.74) is 1.45. The second-order valence-corrected chi connectivity index (χ2v) is 3.98. The molecule has 14 heavy (non-hydrogen) atoms. The van der Waals surface area contributed by atoms with Crippen LogP contribution in [0, 0.1) is 0 Å². The average molecular weight is 278 g/mol. The molecule has 0 aliphatic heterocycles. The lowest BCUT2D eigenvalue weighted by molar-refractivity contribution is 0.107. The Hall–Kier alpha value is -0.540. The van der Waals surface area contributed by atoms with Crippen molar-refractivity contribution in [2.24, 2.45) is 0 Å². The minimum atomic E-state index is -0.502. The zero-order valence-electron chi connectivity index (χ0n) is 7.93. The van der Waals surface area contributed by atoms with Crippen LogP contribution in [0.25, 0.3) is 0 Å². The molecule has 0 amide bonds. The average Bonchev–Trinajstić information content (AvgIpc) is 2.16. The largest absolute Gasteiger partial charge is 0.495 e. The van der Waals surface area contributed by atoms with Crippen molar-refractivity contribution in [1.29, 1.82) is 0 Å². The van der Waals surface area contributed by atoms with Crippen molar-refractivity contribution in [3.05, 3.63) is 27.7 Å². The molecule has 0 fully saturated rings. The lowest BCUT2D eigenvalue weighted by Crippen LogP contribution is -1.98. The normalized spacial score (nSPS) is 10.0. The third-order valence-corrected chi connectivity index (χ3v) is 2.72. The van der Waals surface area contributed by atoms with Crippen LogP contribution in [0.15, 0.2) is 16.6 Å². The van der Waals surface area contributed by atoms with Gasteiger partial charge in [0.05, 0.1) is 17.1 Å². The highest BCUT2D eigenvalue weighted by atomic mass is 79.9. The van der Waals surface area contributed by atoms with Crippen LogP contribution < -0.4 is 4.74 Å². The molecule has 0 saturated carbocycles. The maximum absolute atomic E-state index is 11.1. The minimum Gasteiger partial charge on any atom is -0.495 e. The van der Waals surface area contributed by atoms with Gasteiger partial charge in [-0.25, -0.2) is 0 Å². The maximum Gasteiger partial charge on any atom is 0.256 e. The van der Waals surface area contributed by atoms with Crippen LogP contribution in [0.5, 0.6) is 5.75 Å². The van der Waals surface area contributed by atoms with Gasteiger partial charge in [0.1, 0.15) is 5.75 Å². The summed E-state index contributed by atoms with van der Waals surface area (Å²) in [6, 6.07) is 3.67. The SMILES string of the molecule is CCc1cc(Br)c(OC)c(C(=O)Cl)c1. The van der Waals surface area contributed by atoms with E-state index in [9.17, 15) is 4.79 Å². The van der Waals surface area contributed by atoms with Gasteiger partial charge in [-0.15, -0.1) is 0 Å². The van der Waals surface area contributed by atoms with E-state index in [0.29, 0.717) is 11.3 Å². The molecule has 1 aromatic rings. The van der Waals surface area contributed by atoms with Crippen LogP contribution in [-0.2, 0) is 6.42 Å². The zero-order chi connectivity index (χ0) is 10.7. The molecule has 0 unspecified atom stereocenters. The fraction of sp³-hybridized carbons (Fsp3) is 0.300. The lowest BCUT2D eigenvalue weighted by Gasteiger charge is -2.09. The number of hydrogen-bond acceptors (Lipinski definition) is 2. The van der Waals surface area contributed by atoms with Crippen LogP contribution in [-0.4, -0.2) is 12.4 Å². The topological polar surface area (TPSA) is 26.3 Å². The highest BCUT2D eigenvalue weighted by Crippen LogP contribution is 2.31. The number of rotatable bonds is 3. The van der Waals surface area contributed by atoms with Crippen molar-refractivity contribution < 1.29 is 9.53 Å². The Morgan fingerprint density at radius 2 is 2.21 bits per heavy atom. The van der Waals surface area contributed by atoms with Crippen LogP contribution in [0.4, 0.5) is 0 Å². The van der Waals surface area contributed by atoms with E-state index in [2.05, 4.69) is 15.9 Å². The molecule has 1 aromatic carbocycles. The molecular weight excluding hydrogens is 267 g/mol. The highest BCUT2D eigenvalue weighted by Gasteiger charge is 2.14. The van der Waals surface area contributed by atoms with Crippen LogP contribution >= 0.6 is 27.5 Å². The molecule has 2 nitrogen and oxygen atoms in total. The van der Waals surface area contributed by atoms with E-state index in [0.717, 1.165) is 16.5 Å². The third kappa shape index (κ3) is 2.28. The van der Waals surface area contributed by atoms with E-state index in [1.807, 2.05) is 13.0 Å². The molecule has 0 aliphatic rings. The van der Waals surface area contributed by atoms with Gasteiger partial charge in [-0.3, -0.25) is 4.79 Å². The van der Waals surface area contributed by atoms with Gasteiger partial charge in [-0.05, 0) is 51.6 Å². The molecule has 0 spiro atoms. The van der Waals surface area contributed by atoms with E-state index < -0.39 is 5.24 Å². The third-order valence-electron chi connectivity index (χ3n) is 1.93. The van der Waals surface area contributed by atoms with Gasteiger partial charge in [-0.1, -0.05) is 6.92 Å². The number of aryl methyl sites for hydroxylation is 1. The standard InChI is InChI=1S/C10H10BrClO2/c1-3-6-4-7(10(12)13)9(14-2)8(11)5-6/h4-5H,3H2,1-2H3. The Labute approximate surface area is 96.3 Å². The molecule has 0 radical (unpaired) electrons. The Balaban J connectivity index is 3.35. The quantitative estimate of drug-likeness (QED) is 0.792. The Kier molecular flexibility index (Phi) is 3.96. The first-order valence-corrected chi connectivity index (χ1v) is 5.33. The molecule has 0 heterocycles. The summed E-state index contributed by atoms with van der Waals surface area (Å²) in [6.07, 6.45) is 0.847. The maximum atomic E-state index is 11.1. The van der Waals surface area contributed by atoms with Crippen molar-refractivity contribution in [3.8, 4) is 5.75 Å². The van der Waals surface area contributed by atoms with Crippen molar-refractivity contribution >= 4 is 32.8 Å². The van der Waals surface area contributed by atoms with Crippen LogP contribution in [0.3, 0.4) is 0 Å². The summed E-state index contributed by atoms with van der Waals surface area (Å²) >= 11 is 8.78. The predicted molar refractivity (Wildman–Crippen MR) is 60.3 cm³/mol. The number of ether oxygens (including phenoxy) is 1. The van der Waals surface area contributed by atoms with Crippen molar-refractivity contribution in [2.75, 3.05) is 7.11 Å². The van der Waals surface area contributed by atoms with Gasteiger partial charge >= 0.3 is 0 Å². The Bertz CT molecular complexity index is 363. The van der Waals surface area contributed by atoms with E-state index in [-0.39, 0.29) is 0 Å². The van der Waals surface area contributed by atoms with E-state index >= 15 is 0 Å². The molecule has 0 bridgehead atoms. The highest BCUT2D eigenvalue weighted by molar-refractivity contribution is 9.10. The molecule has 0 aliphatic carbocycles. The molecule has 0 atom stereocenters. The number of methoxy groups -OCH3 is 1. The molecule has 0 N–H and O–H groups in total. The lowest BCUT2D eigenvalue weighted by atomic mass is 10.1. The Morgan fingerprint density at radius 3 is 2.64 bits per heavy atom. The molecule has 0 aromatic heterocycles. The second kappa shape index (κ2) is 4.80. The van der Waals surface area contributed by atoms with Crippen LogP contribution in [0.2, 0.25) is 0 Å². The summed E-state index contributed by atoms with van der Waals surface area (Å²) in [5.74, 6) is 0.488. The number of carbonyl (C=O) groups is 1. The van der Waals surface area contributed by atoms with Gasteiger partial charge in [0.15, 0.2) is 0 Å². The first kappa shape index (κ1) is 11.5. The van der Waals surface area contributed by atoms with Gasteiger partial charge < -0.3 is 4.74 Å². The van der Waals surface area contributed by atoms with Crippen LogP contribution in [0.1, 0.15) is 22.8 Å². The summed E-state index contributed by atoms with van der Waals surface area (Å²) in [5, 5.41) is -0.502. The molecule has 1 rings (SSSR count). The van der Waals surface area contributed by atoms with Crippen molar-refractivity contribution in [1.82, 2.24) is 0 Å². The van der Waals surface area contributed by atoms with Crippen molar-refractivity contribution in [3.63, 3.8) is 0 Å². The summed E-state index contributed by atoms with van der Waals surface area (Å²) in [7, 11) is 1.51. The fourth-order valence-electron chi connectivity index (χ4n) is 1.21. The molecular formula is C10H10BrClO2. The van der Waals surface area contributed by atoms with E-state index in [1.165, 1.54) is 7.11 Å². The summed E-state index contributed by atoms with van der Waals surface area (Å²) < 4.78 is 5.84. The minimum absolute atomic E-state index is 0.403. The van der Waals surface area contributed by atoms with E-state index in [1.54, 1.807) is 6.07 Å². The molecule has 76 valence electrons. The summed E-state index contributed by atoms with van der Waals surface area (Å²) in [4.78, 5) is 11.1. The molecule has 0 saturated heterocycles. The Morgan fingerprint density at radius 1 is 1.57 bits per heavy atom. The monoisotopic (exact) mass is 276 g/mol. The molecule has 4 heteroatoms. The first-order valence-electron chi connectivity index (χ1n) is 4.16.